The molecule has 0 amide bonds. The topological polar surface area (TPSA) is 116 Å². The van der Waals surface area contributed by atoms with Crippen LogP contribution in [0.2, 0.25) is 0 Å². The molecule has 0 bridgehead atoms. The van der Waals surface area contributed by atoms with Crippen molar-refractivity contribution in [3.63, 3.8) is 0 Å². The van der Waals surface area contributed by atoms with E-state index in [-0.39, 0.29) is 0 Å². The van der Waals surface area contributed by atoms with Gasteiger partial charge in [-0.05, 0) is 0 Å². The van der Waals surface area contributed by atoms with Gasteiger partial charge in [-0.1, -0.05) is 0 Å². The van der Waals surface area contributed by atoms with E-state index in [0.29, 0.717) is 0 Å². The Kier molecular flexibility index (Phi) is 2.99. The highest BCUT2D eigenvalue weighted by molar-refractivity contribution is 4.90. The lowest BCUT2D eigenvalue weighted by atomic mass is 9.98. The van der Waals surface area contributed by atoms with Crippen LogP contribution in [0.1, 0.15) is 0 Å². The van der Waals surface area contributed by atoms with Crippen LogP contribution < -0.4 is 5.73 Å². The Morgan fingerprint density at radius 3 is 2.25 bits per heavy atom. The van der Waals surface area contributed by atoms with Crippen molar-refractivity contribution in [2.24, 2.45) is 5.73 Å². The van der Waals surface area contributed by atoms with Gasteiger partial charge in [-0.25, -0.2) is 0 Å². The lowest BCUT2D eigenvalue weighted by Gasteiger charge is -2.38. The predicted molar refractivity (Wildman–Crippen MR) is 38.0 cm³/mol. The van der Waals surface area contributed by atoms with Crippen LogP contribution in [0.25, 0.3) is 0 Å². The molecule has 6 N–H and O–H groups in total. The summed E-state index contributed by atoms with van der Waals surface area (Å²) in [6, 6.07) is -1.04. The zero-order valence-electron chi connectivity index (χ0n) is 6.37. The van der Waals surface area contributed by atoms with Gasteiger partial charge in [0.15, 0.2) is 6.29 Å². The minimum absolute atomic E-state index is 0.470. The van der Waals surface area contributed by atoms with Crippen molar-refractivity contribution in [2.75, 3.05) is 6.61 Å². The molecule has 0 aromatic rings. The summed E-state index contributed by atoms with van der Waals surface area (Å²) in [5, 5.41) is 36.1. The molecule has 6 nitrogen and oxygen atoms in total. The molecule has 5 atom stereocenters. The largest absolute Gasteiger partial charge is 0.394 e. The van der Waals surface area contributed by atoms with Crippen LogP contribution in [0.4, 0.5) is 0 Å². The molecule has 72 valence electrons. The third kappa shape index (κ3) is 1.58. The fraction of sp³-hybridized carbons (Fsp3) is 1.00. The van der Waals surface area contributed by atoms with Crippen LogP contribution in [-0.2, 0) is 4.74 Å². The summed E-state index contributed by atoms with van der Waals surface area (Å²) in [7, 11) is 0. The molecule has 0 unspecified atom stereocenters. The van der Waals surface area contributed by atoms with Crippen molar-refractivity contribution in [3.05, 3.63) is 0 Å². The second-order valence-corrected chi connectivity index (χ2v) is 2.81. The second-order valence-electron chi connectivity index (χ2n) is 2.81. The number of ether oxygens (including phenoxy) is 1. The molecule has 0 radical (unpaired) electrons. The first-order valence-corrected chi connectivity index (χ1v) is 3.64. The molecule has 6 heteroatoms. The molecular formula is C6H13NO5. The summed E-state index contributed by atoms with van der Waals surface area (Å²) in [5.41, 5.74) is 5.26. The number of aliphatic hydroxyl groups excluding tert-OH is 4. The highest BCUT2D eigenvalue weighted by Gasteiger charge is 2.41. The standard InChI is InChI=1S/C6H13NO5/c7-3-5(10)4(9)2(1-8)12-6(3)11/h2-6,8-11H,1,7H2/t2-,3+,4+,5+,6+/m1/s1. The molecule has 0 saturated carbocycles. The van der Waals surface area contributed by atoms with E-state index in [1.165, 1.54) is 0 Å². The maximum absolute atomic E-state index is 9.20. The van der Waals surface area contributed by atoms with Crippen LogP contribution in [0, 0.1) is 0 Å². The van der Waals surface area contributed by atoms with E-state index >= 15 is 0 Å². The van der Waals surface area contributed by atoms with Gasteiger partial charge in [0.05, 0.1) is 12.6 Å². The Morgan fingerprint density at radius 1 is 1.17 bits per heavy atom. The lowest BCUT2D eigenvalue weighted by Crippen LogP contribution is -2.61. The zero-order valence-corrected chi connectivity index (χ0v) is 6.37. The van der Waals surface area contributed by atoms with Crippen molar-refractivity contribution in [1.29, 1.82) is 0 Å². The van der Waals surface area contributed by atoms with Gasteiger partial charge < -0.3 is 30.9 Å². The highest BCUT2D eigenvalue weighted by Crippen LogP contribution is 2.17. The first-order valence-electron chi connectivity index (χ1n) is 3.64. The van der Waals surface area contributed by atoms with E-state index < -0.39 is 37.3 Å². The molecular weight excluding hydrogens is 166 g/mol. The number of hydrogen-bond donors (Lipinski definition) is 5. The molecule has 1 heterocycles. The molecule has 1 rings (SSSR count). The molecule has 1 aliphatic rings. The van der Waals surface area contributed by atoms with Gasteiger partial charge in [0.2, 0.25) is 0 Å². The van der Waals surface area contributed by atoms with Crippen LogP contribution in [0.5, 0.6) is 0 Å². The Bertz CT molecular complexity index is 150. The van der Waals surface area contributed by atoms with Gasteiger partial charge in [-0.3, -0.25) is 0 Å². The van der Waals surface area contributed by atoms with E-state index in [1.807, 2.05) is 0 Å². The summed E-state index contributed by atoms with van der Waals surface area (Å²) in [4.78, 5) is 0. The summed E-state index contributed by atoms with van der Waals surface area (Å²) >= 11 is 0. The third-order valence-electron chi connectivity index (χ3n) is 1.95. The van der Waals surface area contributed by atoms with Crippen LogP contribution in [0.15, 0.2) is 0 Å². The van der Waals surface area contributed by atoms with Crippen molar-refractivity contribution in [2.45, 2.75) is 30.6 Å². The smallest absolute Gasteiger partial charge is 0.173 e. The van der Waals surface area contributed by atoms with Crippen molar-refractivity contribution in [3.8, 4) is 0 Å². The molecule has 0 aliphatic carbocycles. The van der Waals surface area contributed by atoms with Crippen LogP contribution in [0.3, 0.4) is 0 Å². The first-order chi connectivity index (χ1) is 5.57. The molecule has 0 aromatic heterocycles. The maximum Gasteiger partial charge on any atom is 0.173 e. The summed E-state index contributed by atoms with van der Waals surface area (Å²) in [5.74, 6) is 0. The van der Waals surface area contributed by atoms with E-state index in [0.717, 1.165) is 0 Å². The van der Waals surface area contributed by atoms with Crippen molar-refractivity contribution in [1.82, 2.24) is 0 Å². The van der Waals surface area contributed by atoms with Gasteiger partial charge in [0, 0.05) is 0 Å². The normalized spacial score (nSPS) is 49.2. The van der Waals surface area contributed by atoms with E-state index in [9.17, 15) is 10.2 Å². The average molecular weight is 179 g/mol. The second kappa shape index (κ2) is 3.65. The van der Waals surface area contributed by atoms with Gasteiger partial charge in [0.25, 0.3) is 0 Å². The van der Waals surface area contributed by atoms with Crippen LogP contribution >= 0.6 is 0 Å². The van der Waals surface area contributed by atoms with Gasteiger partial charge in [0.1, 0.15) is 18.3 Å². The first kappa shape index (κ1) is 9.85. The van der Waals surface area contributed by atoms with Crippen molar-refractivity contribution >= 4 is 0 Å². The fourth-order valence-electron chi connectivity index (χ4n) is 1.12. The molecule has 0 spiro atoms. The highest BCUT2D eigenvalue weighted by atomic mass is 16.6. The molecule has 1 aliphatic heterocycles. The van der Waals surface area contributed by atoms with Gasteiger partial charge in [-0.2, -0.15) is 0 Å². The Hall–Kier alpha value is -0.240. The minimum Gasteiger partial charge on any atom is -0.394 e. The Morgan fingerprint density at radius 2 is 1.75 bits per heavy atom. The maximum atomic E-state index is 9.20. The number of rotatable bonds is 1. The Balaban J connectivity index is 2.63. The summed E-state index contributed by atoms with van der Waals surface area (Å²) in [6.45, 7) is -0.470. The predicted octanol–water partition coefficient (Wildman–Crippen LogP) is -3.26. The van der Waals surface area contributed by atoms with E-state index in [2.05, 4.69) is 0 Å². The van der Waals surface area contributed by atoms with Gasteiger partial charge in [-0.15, -0.1) is 0 Å². The SMILES string of the molecule is N[C@H]1[C@H](O)[C@@H](O)[C@@H](CO)O[C@@H]1O. The number of nitrogens with two attached hydrogens (primary N) is 1. The quantitative estimate of drug-likeness (QED) is 0.288. The van der Waals surface area contributed by atoms with Gasteiger partial charge >= 0.3 is 0 Å². The lowest BCUT2D eigenvalue weighted by molar-refractivity contribution is -0.248. The van der Waals surface area contributed by atoms with E-state index in [4.69, 9.17) is 20.7 Å². The van der Waals surface area contributed by atoms with Crippen molar-refractivity contribution < 1.29 is 25.2 Å². The molecule has 1 saturated heterocycles. The zero-order chi connectivity index (χ0) is 9.30. The fourth-order valence-corrected chi connectivity index (χ4v) is 1.12. The third-order valence-corrected chi connectivity index (χ3v) is 1.95. The van der Waals surface area contributed by atoms with Crippen LogP contribution in [-0.4, -0.2) is 57.7 Å². The molecule has 1 fully saturated rings. The van der Waals surface area contributed by atoms with E-state index in [1.54, 1.807) is 0 Å². The average Bonchev–Trinajstić information content (AvgIpc) is 2.08. The Labute approximate surface area is 69.2 Å². The monoisotopic (exact) mass is 179 g/mol. The number of aliphatic hydroxyl groups is 4. The molecule has 12 heavy (non-hydrogen) atoms. The molecule has 0 aromatic carbocycles. The summed E-state index contributed by atoms with van der Waals surface area (Å²) < 4.78 is 4.70. The number of hydrogen-bond acceptors (Lipinski definition) is 6. The summed E-state index contributed by atoms with van der Waals surface area (Å²) in [6.07, 6.45) is -4.85. The minimum atomic E-state index is -1.35.